The normalized spacial score (nSPS) is 10.8. The number of methoxy groups -OCH3 is 2. The van der Waals surface area contributed by atoms with Crippen molar-refractivity contribution < 1.29 is 18.7 Å². The third-order valence-electron chi connectivity index (χ3n) is 5.00. The summed E-state index contributed by atoms with van der Waals surface area (Å²) in [6.45, 7) is 0. The lowest BCUT2D eigenvalue weighted by Gasteiger charge is -2.12. The molecule has 36 heavy (non-hydrogen) atoms. The van der Waals surface area contributed by atoms with Gasteiger partial charge in [0.1, 0.15) is 5.82 Å². The molecule has 2 amide bonds. The summed E-state index contributed by atoms with van der Waals surface area (Å²) in [5.41, 5.74) is 5.40. The second kappa shape index (κ2) is 11.3. The molecule has 0 unspecified atom stereocenters. The number of hydrogen-bond donors (Lipinski definition) is 2. The van der Waals surface area contributed by atoms with Crippen LogP contribution in [-0.4, -0.2) is 36.4 Å². The van der Waals surface area contributed by atoms with Crippen LogP contribution in [-0.2, 0) is 0 Å². The molecule has 1 heterocycles. The minimum absolute atomic E-state index is 0.0251. The Morgan fingerprint density at radius 3 is 2.31 bits per heavy atom. The Morgan fingerprint density at radius 2 is 1.61 bits per heavy atom. The predicted octanol–water partition coefficient (Wildman–Crippen LogP) is 5.78. The van der Waals surface area contributed by atoms with Crippen molar-refractivity contribution >= 4 is 29.8 Å². The van der Waals surface area contributed by atoms with Crippen molar-refractivity contribution in [3.8, 4) is 34.0 Å². The van der Waals surface area contributed by atoms with E-state index in [1.165, 1.54) is 25.5 Å². The van der Waals surface area contributed by atoms with Crippen LogP contribution >= 0.6 is 11.6 Å². The summed E-state index contributed by atoms with van der Waals surface area (Å²) in [7, 11) is 3.08. The topological polar surface area (TPSA) is 97.7 Å². The highest BCUT2D eigenvalue weighted by atomic mass is 35.5. The van der Waals surface area contributed by atoms with Crippen molar-refractivity contribution in [1.82, 2.24) is 15.4 Å². The number of urea groups is 1. The first-order valence-electron chi connectivity index (χ1n) is 10.7. The third-order valence-corrected chi connectivity index (χ3v) is 5.23. The number of aromatic nitrogens is 2. The molecular formula is C26H21ClFN5O3. The molecule has 3 aromatic carbocycles. The van der Waals surface area contributed by atoms with E-state index in [1.54, 1.807) is 67.8 Å². The van der Waals surface area contributed by atoms with Gasteiger partial charge in [0.25, 0.3) is 0 Å². The zero-order valence-corrected chi connectivity index (χ0v) is 20.1. The molecule has 0 saturated heterocycles. The van der Waals surface area contributed by atoms with Crippen LogP contribution in [0.4, 0.5) is 15.1 Å². The fourth-order valence-corrected chi connectivity index (χ4v) is 3.50. The number of carbonyl (C=O) groups is 1. The van der Waals surface area contributed by atoms with Crippen LogP contribution in [0.15, 0.2) is 77.9 Å². The average molecular weight is 506 g/mol. The summed E-state index contributed by atoms with van der Waals surface area (Å²) >= 11 is 5.96. The second-order valence-electron chi connectivity index (χ2n) is 7.42. The van der Waals surface area contributed by atoms with Gasteiger partial charge in [0.2, 0.25) is 5.95 Å². The van der Waals surface area contributed by atoms with E-state index >= 15 is 0 Å². The second-order valence-corrected chi connectivity index (χ2v) is 7.85. The fourth-order valence-electron chi connectivity index (χ4n) is 3.30. The van der Waals surface area contributed by atoms with Gasteiger partial charge in [-0.3, -0.25) is 5.32 Å². The van der Waals surface area contributed by atoms with E-state index < -0.39 is 6.03 Å². The maximum atomic E-state index is 13.5. The van der Waals surface area contributed by atoms with Gasteiger partial charge < -0.3 is 9.47 Å². The molecule has 8 nitrogen and oxygen atoms in total. The Labute approximate surface area is 211 Å². The number of rotatable bonds is 7. The van der Waals surface area contributed by atoms with Gasteiger partial charge >= 0.3 is 6.03 Å². The van der Waals surface area contributed by atoms with Crippen LogP contribution in [0.5, 0.6) is 11.5 Å². The minimum atomic E-state index is -0.650. The number of nitrogens with zero attached hydrogens (tertiary/aromatic N) is 3. The molecule has 0 aliphatic heterocycles. The quantitative estimate of drug-likeness (QED) is 0.245. The number of anilines is 1. The van der Waals surface area contributed by atoms with Gasteiger partial charge in [0, 0.05) is 16.1 Å². The molecule has 4 aromatic rings. The lowest BCUT2D eigenvalue weighted by Crippen LogP contribution is -2.25. The van der Waals surface area contributed by atoms with Crippen LogP contribution < -0.4 is 20.2 Å². The van der Waals surface area contributed by atoms with Crippen molar-refractivity contribution in [2.45, 2.75) is 0 Å². The van der Waals surface area contributed by atoms with Crippen molar-refractivity contribution in [2.75, 3.05) is 19.5 Å². The van der Waals surface area contributed by atoms with Crippen molar-refractivity contribution in [3.05, 3.63) is 89.2 Å². The molecular weight excluding hydrogens is 485 g/mol. The van der Waals surface area contributed by atoms with Crippen LogP contribution in [0.3, 0.4) is 0 Å². The number of ether oxygens (including phenoxy) is 2. The van der Waals surface area contributed by atoms with E-state index in [1.807, 2.05) is 0 Å². The molecule has 0 atom stereocenters. The number of hydrazone groups is 1. The molecule has 182 valence electrons. The Morgan fingerprint density at radius 1 is 0.917 bits per heavy atom. The van der Waals surface area contributed by atoms with Crippen LogP contribution in [0.25, 0.3) is 22.5 Å². The van der Waals surface area contributed by atoms with E-state index in [4.69, 9.17) is 21.1 Å². The van der Waals surface area contributed by atoms with Gasteiger partial charge in [-0.15, -0.1) is 0 Å². The predicted molar refractivity (Wildman–Crippen MR) is 137 cm³/mol. The highest BCUT2D eigenvalue weighted by Gasteiger charge is 2.13. The molecule has 0 saturated carbocycles. The summed E-state index contributed by atoms with van der Waals surface area (Å²) < 4.78 is 24.2. The van der Waals surface area contributed by atoms with E-state index in [9.17, 15) is 9.18 Å². The van der Waals surface area contributed by atoms with Gasteiger partial charge in [-0.1, -0.05) is 23.7 Å². The highest BCUT2D eigenvalue weighted by molar-refractivity contribution is 6.30. The summed E-state index contributed by atoms with van der Waals surface area (Å²) in [6, 6.07) is 19.2. The van der Waals surface area contributed by atoms with Crippen LogP contribution in [0.1, 0.15) is 5.56 Å². The lowest BCUT2D eigenvalue weighted by molar-refractivity contribution is 0.252. The fraction of sp³-hybridized carbons (Fsp3) is 0.0769. The molecule has 0 radical (unpaired) electrons. The summed E-state index contributed by atoms with van der Waals surface area (Å²) in [5, 5.41) is 7.05. The molecule has 0 aliphatic carbocycles. The van der Waals surface area contributed by atoms with Gasteiger partial charge in [-0.2, -0.15) is 5.10 Å². The van der Waals surface area contributed by atoms with Gasteiger partial charge in [-0.25, -0.2) is 24.6 Å². The SMILES string of the molecule is COc1ccc(-c2cc(-c3ccc(F)cc3)nc(NC(=O)N/N=C\c3cccc(Cl)c3)n2)cc1OC. The number of carbonyl (C=O) groups excluding carboxylic acids is 1. The van der Waals surface area contributed by atoms with Gasteiger partial charge in [0.05, 0.1) is 31.8 Å². The standard InChI is InChI=1S/C26H21ClFN5O3/c1-35-23-11-8-18(13-24(23)36-2)22-14-21(17-6-9-20(28)10-7-17)30-25(31-22)32-26(34)33-29-15-16-4-3-5-19(27)12-16/h3-15H,1-2H3,(H2,30,31,32,33,34)/b29-15-. The third kappa shape index (κ3) is 6.13. The maximum absolute atomic E-state index is 13.5. The van der Waals surface area contributed by atoms with Gasteiger partial charge in [0.15, 0.2) is 11.5 Å². The van der Waals surface area contributed by atoms with Crippen molar-refractivity contribution in [1.29, 1.82) is 0 Å². The number of nitrogens with one attached hydrogen (secondary N) is 2. The number of amides is 2. The van der Waals surface area contributed by atoms with E-state index in [0.29, 0.717) is 44.6 Å². The minimum Gasteiger partial charge on any atom is -0.493 e. The maximum Gasteiger partial charge on any atom is 0.342 e. The van der Waals surface area contributed by atoms with E-state index in [2.05, 4.69) is 25.8 Å². The van der Waals surface area contributed by atoms with Crippen molar-refractivity contribution in [3.63, 3.8) is 0 Å². The largest absolute Gasteiger partial charge is 0.493 e. The molecule has 1 aromatic heterocycles. The first-order valence-corrected chi connectivity index (χ1v) is 11.1. The molecule has 10 heteroatoms. The van der Waals surface area contributed by atoms with Gasteiger partial charge in [-0.05, 0) is 66.2 Å². The van der Waals surface area contributed by atoms with Crippen molar-refractivity contribution in [2.24, 2.45) is 5.10 Å². The molecule has 4 rings (SSSR count). The zero-order valence-electron chi connectivity index (χ0n) is 19.3. The van der Waals surface area contributed by atoms with Crippen LogP contribution in [0.2, 0.25) is 5.02 Å². The Bertz CT molecular complexity index is 1410. The molecule has 0 fully saturated rings. The molecule has 2 N–H and O–H groups in total. The summed E-state index contributed by atoms with van der Waals surface area (Å²) in [5.74, 6) is 0.726. The first-order chi connectivity index (χ1) is 17.4. The number of benzene rings is 3. The van der Waals surface area contributed by atoms with E-state index in [0.717, 1.165) is 0 Å². The number of halogens is 2. The Hall–Kier alpha value is -4.50. The Balaban J connectivity index is 1.63. The summed E-state index contributed by atoms with van der Waals surface area (Å²) in [6.07, 6.45) is 1.45. The average Bonchev–Trinajstić information content (AvgIpc) is 2.88. The molecule has 0 bridgehead atoms. The molecule has 0 aliphatic rings. The Kier molecular flexibility index (Phi) is 7.72. The zero-order chi connectivity index (χ0) is 25.5. The van der Waals surface area contributed by atoms with Crippen LogP contribution in [0, 0.1) is 5.82 Å². The number of hydrogen-bond acceptors (Lipinski definition) is 6. The molecule has 0 spiro atoms. The lowest BCUT2D eigenvalue weighted by atomic mass is 10.1. The highest BCUT2D eigenvalue weighted by Crippen LogP contribution is 2.33. The summed E-state index contributed by atoms with van der Waals surface area (Å²) in [4.78, 5) is 21.4. The van der Waals surface area contributed by atoms with E-state index in [-0.39, 0.29) is 11.8 Å². The first kappa shape index (κ1) is 24.6. The monoisotopic (exact) mass is 505 g/mol. The smallest absolute Gasteiger partial charge is 0.342 e.